The van der Waals surface area contributed by atoms with Gasteiger partial charge in [0.2, 0.25) is 0 Å². The summed E-state index contributed by atoms with van der Waals surface area (Å²) in [6.07, 6.45) is 0. The molecule has 0 fully saturated rings. The zero-order chi connectivity index (χ0) is 11.4. The molecule has 0 aliphatic rings. The van der Waals surface area contributed by atoms with E-state index < -0.39 is 6.04 Å². The second-order valence-corrected chi connectivity index (χ2v) is 4.35. The fourth-order valence-corrected chi connectivity index (χ4v) is 2.16. The molecule has 0 saturated carbocycles. The van der Waals surface area contributed by atoms with E-state index in [1.54, 1.807) is 5.38 Å². The number of aryl methyl sites for hydroxylation is 1. The largest absolute Gasteiger partial charge is 0.394 e. The van der Waals surface area contributed by atoms with Crippen molar-refractivity contribution in [3.8, 4) is 0 Å². The third-order valence-electron chi connectivity index (χ3n) is 1.88. The van der Waals surface area contributed by atoms with E-state index in [0.717, 1.165) is 5.56 Å². The van der Waals surface area contributed by atoms with Crippen molar-refractivity contribution in [1.29, 1.82) is 0 Å². The highest BCUT2D eigenvalue weighted by molar-refractivity contribution is 7.13. The number of carbonyl (C=O) groups excluding carboxylic acids is 1. The lowest BCUT2D eigenvalue weighted by Crippen LogP contribution is -2.39. The van der Waals surface area contributed by atoms with E-state index in [9.17, 15) is 4.79 Å². The Labute approximate surface area is 96.5 Å². The van der Waals surface area contributed by atoms with Gasteiger partial charge < -0.3 is 15.5 Å². The topological polar surface area (TPSA) is 69.6 Å². The molecule has 6 heteroatoms. The molecule has 0 bridgehead atoms. The lowest BCUT2D eigenvalue weighted by Gasteiger charge is -2.12. The van der Waals surface area contributed by atoms with Gasteiger partial charge in [0.05, 0.1) is 24.3 Å². The number of aliphatic hydroxyl groups is 2. The molecule has 0 aliphatic carbocycles. The quantitative estimate of drug-likeness (QED) is 0.739. The van der Waals surface area contributed by atoms with Crippen LogP contribution in [0.5, 0.6) is 0 Å². The van der Waals surface area contributed by atoms with Crippen molar-refractivity contribution in [2.75, 3.05) is 13.2 Å². The van der Waals surface area contributed by atoms with Crippen molar-refractivity contribution < 1.29 is 15.0 Å². The first-order valence-electron chi connectivity index (χ1n) is 4.36. The maximum Gasteiger partial charge on any atom is 0.263 e. The predicted molar refractivity (Wildman–Crippen MR) is 59.5 cm³/mol. The maximum absolute atomic E-state index is 11.6. The maximum atomic E-state index is 11.6. The van der Waals surface area contributed by atoms with Gasteiger partial charge >= 0.3 is 0 Å². The van der Waals surface area contributed by atoms with Gasteiger partial charge in [-0.2, -0.15) is 0 Å². The van der Waals surface area contributed by atoms with Crippen molar-refractivity contribution >= 4 is 28.8 Å². The van der Waals surface area contributed by atoms with Crippen LogP contribution < -0.4 is 5.32 Å². The molecule has 84 valence electrons. The molecule has 1 rings (SSSR count). The zero-order valence-corrected chi connectivity index (χ0v) is 9.73. The number of nitrogens with one attached hydrogen (secondary N) is 1. The molecular formula is C9H12ClNO3S. The Morgan fingerprint density at radius 2 is 2.20 bits per heavy atom. The van der Waals surface area contributed by atoms with Gasteiger partial charge in [-0.1, -0.05) is 11.6 Å². The molecule has 0 aromatic carbocycles. The minimum atomic E-state index is -0.643. The van der Waals surface area contributed by atoms with Gasteiger partial charge in [-0.3, -0.25) is 4.79 Å². The van der Waals surface area contributed by atoms with Gasteiger partial charge in [-0.15, -0.1) is 11.3 Å². The Morgan fingerprint density at radius 1 is 1.60 bits per heavy atom. The van der Waals surface area contributed by atoms with Gasteiger partial charge in [0.15, 0.2) is 0 Å². The first kappa shape index (κ1) is 12.4. The summed E-state index contributed by atoms with van der Waals surface area (Å²) >= 11 is 7.14. The summed E-state index contributed by atoms with van der Waals surface area (Å²) in [6, 6.07) is -0.643. The molecule has 1 amide bonds. The lowest BCUT2D eigenvalue weighted by molar-refractivity contribution is 0.0883. The monoisotopic (exact) mass is 249 g/mol. The highest BCUT2D eigenvalue weighted by Gasteiger charge is 2.17. The van der Waals surface area contributed by atoms with Gasteiger partial charge in [0.1, 0.15) is 4.88 Å². The Morgan fingerprint density at radius 3 is 2.60 bits per heavy atom. The number of aliphatic hydroxyl groups excluding tert-OH is 2. The van der Waals surface area contributed by atoms with Crippen LogP contribution in [-0.4, -0.2) is 35.4 Å². The van der Waals surface area contributed by atoms with E-state index in [0.29, 0.717) is 9.90 Å². The standard InChI is InChI=1S/C9H12ClNO3S/c1-5-4-15-8(7(5)10)9(14)11-6(2-12)3-13/h4,6,12-13H,2-3H2,1H3,(H,11,14). The highest BCUT2D eigenvalue weighted by Crippen LogP contribution is 2.26. The normalized spacial score (nSPS) is 10.7. The van der Waals surface area contributed by atoms with Crippen molar-refractivity contribution in [2.24, 2.45) is 0 Å². The summed E-state index contributed by atoms with van der Waals surface area (Å²) in [5, 5.41) is 22.3. The molecule has 0 spiro atoms. The van der Waals surface area contributed by atoms with Gasteiger partial charge in [-0.05, 0) is 17.9 Å². The Hall–Kier alpha value is -0.620. The summed E-state index contributed by atoms with van der Waals surface area (Å²) < 4.78 is 0. The first-order chi connectivity index (χ1) is 7.10. The molecule has 0 radical (unpaired) electrons. The number of amides is 1. The van der Waals surface area contributed by atoms with Gasteiger partial charge in [0, 0.05) is 0 Å². The van der Waals surface area contributed by atoms with Crippen LogP contribution in [0.15, 0.2) is 5.38 Å². The number of halogens is 1. The molecule has 4 nitrogen and oxygen atoms in total. The molecule has 15 heavy (non-hydrogen) atoms. The summed E-state index contributed by atoms with van der Waals surface area (Å²) in [7, 11) is 0. The number of hydrogen-bond donors (Lipinski definition) is 3. The Kier molecular flexibility index (Phi) is 4.53. The highest BCUT2D eigenvalue weighted by atomic mass is 35.5. The summed E-state index contributed by atoms with van der Waals surface area (Å²) in [4.78, 5) is 12.0. The van der Waals surface area contributed by atoms with Crippen molar-refractivity contribution in [1.82, 2.24) is 5.32 Å². The number of carbonyl (C=O) groups is 1. The average Bonchev–Trinajstić information content (AvgIpc) is 2.56. The second kappa shape index (κ2) is 5.46. The summed E-state index contributed by atoms with van der Waals surface area (Å²) in [6.45, 7) is 1.21. The van der Waals surface area contributed by atoms with Crippen molar-refractivity contribution in [3.63, 3.8) is 0 Å². The molecule has 3 N–H and O–H groups in total. The van der Waals surface area contributed by atoms with Crippen LogP contribution in [0.3, 0.4) is 0 Å². The van der Waals surface area contributed by atoms with Crippen LogP contribution >= 0.6 is 22.9 Å². The third kappa shape index (κ3) is 2.92. The second-order valence-electron chi connectivity index (χ2n) is 3.10. The molecule has 0 saturated heterocycles. The number of hydrogen-bond acceptors (Lipinski definition) is 4. The van der Waals surface area contributed by atoms with E-state index in [2.05, 4.69) is 5.32 Å². The molecular weight excluding hydrogens is 238 g/mol. The van der Waals surface area contributed by atoms with Crippen LogP contribution in [0.1, 0.15) is 15.2 Å². The van der Waals surface area contributed by atoms with Crippen LogP contribution in [-0.2, 0) is 0 Å². The molecule has 0 atom stereocenters. The van der Waals surface area contributed by atoms with E-state index in [1.165, 1.54) is 11.3 Å². The summed E-state index contributed by atoms with van der Waals surface area (Å²) in [5.41, 5.74) is 0.844. The van der Waals surface area contributed by atoms with Crippen LogP contribution in [0.4, 0.5) is 0 Å². The van der Waals surface area contributed by atoms with E-state index in [4.69, 9.17) is 21.8 Å². The van der Waals surface area contributed by atoms with Crippen LogP contribution in [0.25, 0.3) is 0 Å². The molecule has 0 aliphatic heterocycles. The zero-order valence-electron chi connectivity index (χ0n) is 8.16. The fraction of sp³-hybridized carbons (Fsp3) is 0.444. The first-order valence-corrected chi connectivity index (χ1v) is 5.62. The smallest absolute Gasteiger partial charge is 0.263 e. The minimum Gasteiger partial charge on any atom is -0.394 e. The van der Waals surface area contributed by atoms with Gasteiger partial charge in [0.25, 0.3) is 5.91 Å². The summed E-state index contributed by atoms with van der Waals surface area (Å²) in [5.74, 6) is -0.369. The Bertz CT molecular complexity index is 349. The van der Waals surface area contributed by atoms with Crippen molar-refractivity contribution in [3.05, 3.63) is 20.8 Å². The SMILES string of the molecule is Cc1csc(C(=O)NC(CO)CO)c1Cl. The minimum absolute atomic E-state index is 0.301. The number of thiophene rings is 1. The molecule has 1 aromatic rings. The fourth-order valence-electron chi connectivity index (χ4n) is 0.983. The predicted octanol–water partition coefficient (Wildman–Crippen LogP) is 0.793. The number of rotatable bonds is 4. The van der Waals surface area contributed by atoms with E-state index >= 15 is 0 Å². The van der Waals surface area contributed by atoms with Crippen LogP contribution in [0.2, 0.25) is 5.02 Å². The third-order valence-corrected chi connectivity index (χ3v) is 3.58. The van der Waals surface area contributed by atoms with Crippen LogP contribution in [0, 0.1) is 6.92 Å². The molecule has 0 unspecified atom stereocenters. The van der Waals surface area contributed by atoms with Gasteiger partial charge in [-0.25, -0.2) is 0 Å². The average molecular weight is 250 g/mol. The van der Waals surface area contributed by atoms with E-state index in [-0.39, 0.29) is 19.1 Å². The lowest BCUT2D eigenvalue weighted by atomic mass is 10.3. The molecule has 1 heterocycles. The van der Waals surface area contributed by atoms with Crippen molar-refractivity contribution in [2.45, 2.75) is 13.0 Å². The van der Waals surface area contributed by atoms with E-state index in [1.807, 2.05) is 6.92 Å². The molecule has 1 aromatic heterocycles. The Balaban J connectivity index is 2.73.